The molecule has 7 atom stereocenters. The molecule has 2 heterocycles. The molecule has 0 radical (unpaired) electrons. The van der Waals surface area contributed by atoms with Crippen LogP contribution in [0.3, 0.4) is 0 Å². The van der Waals surface area contributed by atoms with E-state index in [1.54, 1.807) is 11.0 Å². The van der Waals surface area contributed by atoms with E-state index in [-0.39, 0.29) is 45.8 Å². The number of rotatable bonds is 2. The highest BCUT2D eigenvalue weighted by Crippen LogP contribution is 2.64. The molecule has 6 aliphatic rings. The summed E-state index contributed by atoms with van der Waals surface area (Å²) in [5.41, 5.74) is 4.10. The first-order chi connectivity index (χ1) is 15.0. The van der Waals surface area contributed by atoms with Crippen LogP contribution < -0.4 is 0 Å². The minimum atomic E-state index is -0.374. The first kappa shape index (κ1) is 21.5. The first-order valence-corrected chi connectivity index (χ1v) is 12.0. The van der Waals surface area contributed by atoms with Crippen LogP contribution in [0.15, 0.2) is 58.4 Å². The zero-order valence-electron chi connectivity index (χ0n) is 20.1. The summed E-state index contributed by atoms with van der Waals surface area (Å²) in [7, 11) is 0. The maximum absolute atomic E-state index is 12.8. The van der Waals surface area contributed by atoms with Gasteiger partial charge in [-0.25, -0.2) is 0 Å². The van der Waals surface area contributed by atoms with Crippen LogP contribution in [-0.2, 0) is 9.59 Å². The molecule has 32 heavy (non-hydrogen) atoms. The number of aliphatic hydroxyl groups excluding tert-OH is 1. The van der Waals surface area contributed by atoms with Crippen LogP contribution in [0.2, 0.25) is 0 Å². The van der Waals surface area contributed by atoms with Gasteiger partial charge in [-0.05, 0) is 68.8 Å². The number of nitrogens with zero attached hydrogens (tertiary/aromatic N) is 1. The predicted octanol–water partition coefficient (Wildman–Crippen LogP) is 5.31. The molecular weight excluding hydrogens is 398 g/mol. The van der Waals surface area contributed by atoms with Crippen molar-refractivity contribution in [2.24, 2.45) is 34.5 Å². The zero-order chi connectivity index (χ0) is 23.2. The van der Waals surface area contributed by atoms with E-state index in [2.05, 4.69) is 65.8 Å². The summed E-state index contributed by atoms with van der Waals surface area (Å²) in [6, 6.07) is -0.374. The third-order valence-corrected chi connectivity index (χ3v) is 9.38. The summed E-state index contributed by atoms with van der Waals surface area (Å²) in [4.78, 5) is 27.2. The largest absolute Gasteiger partial charge is 0.507 e. The van der Waals surface area contributed by atoms with Crippen molar-refractivity contribution in [2.45, 2.75) is 60.4 Å². The van der Waals surface area contributed by atoms with Crippen LogP contribution >= 0.6 is 0 Å². The highest BCUT2D eigenvalue weighted by molar-refractivity contribution is 6.27. The van der Waals surface area contributed by atoms with Crippen LogP contribution in [0.4, 0.5) is 0 Å². The normalized spacial score (nSPS) is 46.1. The van der Waals surface area contributed by atoms with Crippen molar-refractivity contribution < 1.29 is 14.7 Å². The van der Waals surface area contributed by atoms with Crippen LogP contribution in [0.25, 0.3) is 0 Å². The number of hydrogen-bond donors (Lipinski definition) is 1. The molecule has 1 N–H and O–H groups in total. The number of hydrogen-bond acceptors (Lipinski definition) is 3. The number of Topliss-reactive ketones (excluding diaryl/α,β-unsaturated/α-hetero) is 1. The van der Waals surface area contributed by atoms with Crippen molar-refractivity contribution in [3.63, 3.8) is 0 Å². The van der Waals surface area contributed by atoms with Gasteiger partial charge in [-0.3, -0.25) is 9.59 Å². The van der Waals surface area contributed by atoms with Gasteiger partial charge in [0.05, 0.1) is 6.04 Å². The number of allylic oxidation sites excluding steroid dienone is 8. The topological polar surface area (TPSA) is 57.6 Å². The Morgan fingerprint density at radius 1 is 1.09 bits per heavy atom. The minimum absolute atomic E-state index is 0.0253. The van der Waals surface area contributed by atoms with Crippen LogP contribution in [0.5, 0.6) is 0 Å². The average Bonchev–Trinajstić information content (AvgIpc) is 3.35. The van der Waals surface area contributed by atoms with Crippen LogP contribution in [0.1, 0.15) is 54.4 Å². The molecule has 1 unspecified atom stereocenters. The van der Waals surface area contributed by atoms with Crippen molar-refractivity contribution >= 4 is 11.7 Å². The summed E-state index contributed by atoms with van der Waals surface area (Å²) < 4.78 is 0. The maximum Gasteiger partial charge on any atom is 0.261 e. The van der Waals surface area contributed by atoms with Gasteiger partial charge in [-0.2, -0.15) is 0 Å². The molecule has 4 aliphatic carbocycles. The van der Waals surface area contributed by atoms with Gasteiger partial charge in [-0.1, -0.05) is 61.8 Å². The standard InChI is InChI=1S/C28H35NO3/c1-15-12-27(5)13-17(3)24-22(16(2)14-28(24,6)18(15)4)19(27)9-10-21(30)23-25(31)20-8-7-11-29(20)26(23)32/h9-10,12-14,18-20,22,24,30H,7-8,11H2,1-6H3/b10-9+,15-12-,23-21-/t18-,19?,20-,22+,24-,27+,28-/m0/s1. The van der Waals surface area contributed by atoms with Gasteiger partial charge >= 0.3 is 0 Å². The highest BCUT2D eigenvalue weighted by Gasteiger charge is 2.56. The quantitative estimate of drug-likeness (QED) is 0.278. The number of aliphatic hydroxyl groups is 1. The Bertz CT molecular complexity index is 1050. The smallest absolute Gasteiger partial charge is 0.261 e. The molecule has 2 aliphatic heterocycles. The Hall–Kier alpha value is -2.36. The van der Waals surface area contributed by atoms with E-state index in [1.807, 2.05) is 0 Å². The number of ketones is 1. The van der Waals surface area contributed by atoms with E-state index in [1.165, 1.54) is 16.7 Å². The number of carbonyl (C=O) groups is 2. The number of carbonyl (C=O) groups excluding carboxylic acids is 2. The summed E-state index contributed by atoms with van der Waals surface area (Å²) in [6.45, 7) is 14.4. The van der Waals surface area contributed by atoms with Gasteiger partial charge in [0, 0.05) is 12.0 Å². The molecule has 4 nitrogen and oxygen atoms in total. The third kappa shape index (κ3) is 2.67. The Balaban J connectivity index is 1.59. The summed E-state index contributed by atoms with van der Waals surface area (Å²) in [6.07, 6.45) is 12.6. The third-order valence-electron chi connectivity index (χ3n) is 9.38. The molecule has 4 bridgehead atoms. The molecule has 0 aromatic heterocycles. The maximum atomic E-state index is 12.8. The van der Waals surface area contributed by atoms with E-state index in [4.69, 9.17) is 0 Å². The van der Waals surface area contributed by atoms with E-state index in [0.717, 1.165) is 6.42 Å². The van der Waals surface area contributed by atoms with E-state index in [0.29, 0.717) is 30.7 Å². The molecule has 170 valence electrons. The number of amides is 1. The Morgan fingerprint density at radius 2 is 1.78 bits per heavy atom. The lowest BCUT2D eigenvalue weighted by molar-refractivity contribution is -0.125. The molecule has 0 aromatic rings. The van der Waals surface area contributed by atoms with E-state index in [9.17, 15) is 14.7 Å². The monoisotopic (exact) mass is 433 g/mol. The SMILES string of the molecule is CC1=C[C@@]2(C)[C@@H](C)/C(C)=C\[C@]3(C)C=C(C)[C@H]2[C@H]1C3/C=C/C(O)=C1\C(=O)[C@@H]2CCCN2C1=O. The second kappa shape index (κ2) is 6.82. The van der Waals surface area contributed by atoms with Gasteiger partial charge in [0.2, 0.25) is 0 Å². The van der Waals surface area contributed by atoms with Crippen LogP contribution in [-0.4, -0.2) is 34.3 Å². The van der Waals surface area contributed by atoms with Crippen molar-refractivity contribution in [3.05, 3.63) is 58.4 Å². The Kier molecular flexibility index (Phi) is 4.58. The van der Waals surface area contributed by atoms with Gasteiger partial charge in [-0.15, -0.1) is 0 Å². The summed E-state index contributed by atoms with van der Waals surface area (Å²) >= 11 is 0. The lowest BCUT2D eigenvalue weighted by Crippen LogP contribution is -2.45. The van der Waals surface area contributed by atoms with Crippen molar-refractivity contribution in [2.75, 3.05) is 6.54 Å². The Morgan fingerprint density at radius 3 is 2.47 bits per heavy atom. The fourth-order valence-electron chi connectivity index (χ4n) is 7.83. The fourth-order valence-corrected chi connectivity index (χ4v) is 7.83. The second-order valence-corrected chi connectivity index (χ2v) is 11.3. The molecule has 6 rings (SSSR count). The minimum Gasteiger partial charge on any atom is -0.507 e. The lowest BCUT2D eigenvalue weighted by Gasteiger charge is -2.52. The molecule has 1 amide bonds. The summed E-state index contributed by atoms with van der Waals surface area (Å²) in [5, 5.41) is 10.9. The van der Waals surface area contributed by atoms with Crippen molar-refractivity contribution in [1.29, 1.82) is 0 Å². The first-order valence-electron chi connectivity index (χ1n) is 12.0. The molecule has 0 aromatic carbocycles. The van der Waals surface area contributed by atoms with E-state index < -0.39 is 0 Å². The highest BCUT2D eigenvalue weighted by atomic mass is 16.3. The van der Waals surface area contributed by atoms with Crippen molar-refractivity contribution in [1.82, 2.24) is 4.90 Å². The second-order valence-electron chi connectivity index (χ2n) is 11.3. The Labute approximate surface area is 191 Å². The molecule has 0 spiro atoms. The van der Waals surface area contributed by atoms with Gasteiger partial charge < -0.3 is 10.0 Å². The van der Waals surface area contributed by atoms with Gasteiger partial charge in [0.1, 0.15) is 11.3 Å². The zero-order valence-corrected chi connectivity index (χ0v) is 20.1. The van der Waals surface area contributed by atoms with Gasteiger partial charge in [0.25, 0.3) is 5.91 Å². The fraction of sp³-hybridized carbons (Fsp3) is 0.571. The molecular formula is C28H35NO3. The molecule has 4 heteroatoms. The molecule has 0 saturated carbocycles. The number of fused-ring (bicyclic) bond motifs is 2. The van der Waals surface area contributed by atoms with Crippen molar-refractivity contribution in [3.8, 4) is 0 Å². The van der Waals surface area contributed by atoms with E-state index >= 15 is 0 Å². The molecule has 2 fully saturated rings. The average molecular weight is 434 g/mol. The summed E-state index contributed by atoms with van der Waals surface area (Å²) in [5.74, 6) is 0.657. The van der Waals surface area contributed by atoms with Crippen LogP contribution in [0, 0.1) is 34.5 Å². The molecule has 2 saturated heterocycles. The predicted molar refractivity (Wildman–Crippen MR) is 126 cm³/mol. The van der Waals surface area contributed by atoms with Gasteiger partial charge in [0.15, 0.2) is 5.78 Å². The lowest BCUT2D eigenvalue weighted by atomic mass is 9.51.